The fourth-order valence-corrected chi connectivity index (χ4v) is 4.05. The lowest BCUT2D eigenvalue weighted by Crippen LogP contribution is -2.52. The zero-order valence-corrected chi connectivity index (χ0v) is 15.5. The first-order valence-corrected chi connectivity index (χ1v) is 9.42. The molecule has 0 saturated carbocycles. The van der Waals surface area contributed by atoms with E-state index >= 15 is 0 Å². The maximum atomic E-state index is 12.4. The van der Waals surface area contributed by atoms with E-state index in [-0.39, 0.29) is 30.7 Å². The molecule has 1 amide bonds. The van der Waals surface area contributed by atoms with Crippen LogP contribution in [0.15, 0.2) is 29.3 Å². The van der Waals surface area contributed by atoms with Gasteiger partial charge in [-0.2, -0.15) is 0 Å². The minimum Gasteiger partial charge on any atom is -0.395 e. The van der Waals surface area contributed by atoms with Crippen molar-refractivity contribution in [3.8, 4) is 0 Å². The van der Waals surface area contributed by atoms with Gasteiger partial charge < -0.3 is 14.9 Å². The van der Waals surface area contributed by atoms with Crippen LogP contribution in [-0.4, -0.2) is 82.8 Å². The molecule has 1 N–H and O–H groups in total. The number of aliphatic hydroxyl groups excluding tert-OH is 1. The van der Waals surface area contributed by atoms with Crippen LogP contribution in [0.1, 0.15) is 6.42 Å². The number of amides is 1. The Kier molecular flexibility index (Phi) is 4.84. The first kappa shape index (κ1) is 17.9. The van der Waals surface area contributed by atoms with Crippen molar-refractivity contribution in [2.75, 3.05) is 51.3 Å². The van der Waals surface area contributed by atoms with Crippen molar-refractivity contribution in [2.45, 2.75) is 19.0 Å². The van der Waals surface area contributed by atoms with Gasteiger partial charge in [-0.3, -0.25) is 19.1 Å². The monoisotopic (exact) mass is 371 g/mol. The van der Waals surface area contributed by atoms with Gasteiger partial charge in [0, 0.05) is 45.5 Å². The average molecular weight is 371 g/mol. The van der Waals surface area contributed by atoms with Crippen molar-refractivity contribution in [1.29, 1.82) is 0 Å². The molecule has 3 heterocycles. The number of hydrogen-bond donors (Lipinski definition) is 1. The van der Waals surface area contributed by atoms with Gasteiger partial charge in [-0.15, -0.1) is 0 Å². The summed E-state index contributed by atoms with van der Waals surface area (Å²) in [4.78, 5) is 35.4. The van der Waals surface area contributed by atoms with Crippen LogP contribution in [-0.2, 0) is 11.3 Å². The number of fused-ring (bicyclic) bond motifs is 1. The molecule has 8 heteroatoms. The summed E-state index contributed by atoms with van der Waals surface area (Å²) in [6.45, 7) is 4.41. The summed E-state index contributed by atoms with van der Waals surface area (Å²) in [6, 6.07) is 5.75. The Morgan fingerprint density at radius 2 is 1.93 bits per heavy atom. The van der Waals surface area contributed by atoms with Crippen LogP contribution in [0.5, 0.6) is 0 Å². The van der Waals surface area contributed by atoms with Crippen LogP contribution in [0, 0.1) is 0 Å². The van der Waals surface area contributed by atoms with E-state index in [1.165, 1.54) is 10.9 Å². The molecule has 0 aliphatic carbocycles. The third kappa shape index (κ3) is 3.30. The summed E-state index contributed by atoms with van der Waals surface area (Å²) in [7, 11) is 1.87. The molecule has 2 saturated heterocycles. The highest BCUT2D eigenvalue weighted by atomic mass is 16.3. The lowest BCUT2D eigenvalue weighted by atomic mass is 10.1. The van der Waals surface area contributed by atoms with Gasteiger partial charge in [-0.1, -0.05) is 0 Å². The van der Waals surface area contributed by atoms with Gasteiger partial charge in [0.25, 0.3) is 5.56 Å². The van der Waals surface area contributed by atoms with E-state index in [1.807, 2.05) is 30.1 Å². The molecule has 0 bridgehead atoms. The number of aromatic nitrogens is 2. The van der Waals surface area contributed by atoms with Crippen molar-refractivity contribution < 1.29 is 9.90 Å². The van der Waals surface area contributed by atoms with E-state index in [9.17, 15) is 9.59 Å². The smallest absolute Gasteiger partial charge is 0.261 e. The van der Waals surface area contributed by atoms with Gasteiger partial charge in [0.05, 0.1) is 36.4 Å². The number of carbonyl (C=O) groups excluding carboxylic acids is 1. The van der Waals surface area contributed by atoms with Crippen molar-refractivity contribution in [3.05, 3.63) is 34.9 Å². The topological polar surface area (TPSA) is 81.9 Å². The maximum Gasteiger partial charge on any atom is 0.261 e. The van der Waals surface area contributed by atoms with Crippen LogP contribution in [0.3, 0.4) is 0 Å². The van der Waals surface area contributed by atoms with Gasteiger partial charge >= 0.3 is 0 Å². The lowest BCUT2D eigenvalue weighted by Gasteiger charge is -2.38. The Balaban J connectivity index is 1.48. The number of piperazine rings is 1. The second-order valence-corrected chi connectivity index (χ2v) is 7.26. The molecule has 1 aromatic heterocycles. The highest BCUT2D eigenvalue weighted by Crippen LogP contribution is 2.23. The Bertz CT molecular complexity index is 904. The number of hydrogen-bond acceptors (Lipinski definition) is 6. The second-order valence-electron chi connectivity index (χ2n) is 7.26. The highest BCUT2D eigenvalue weighted by Gasteiger charge is 2.35. The number of likely N-dealkylation sites (tertiary alicyclic amines) is 1. The van der Waals surface area contributed by atoms with Crippen molar-refractivity contribution >= 4 is 22.5 Å². The summed E-state index contributed by atoms with van der Waals surface area (Å²) >= 11 is 0. The molecule has 27 heavy (non-hydrogen) atoms. The molecule has 2 fully saturated rings. The van der Waals surface area contributed by atoms with E-state index in [2.05, 4.69) is 14.8 Å². The predicted octanol–water partition coefficient (Wildman–Crippen LogP) is -0.258. The van der Waals surface area contributed by atoms with Crippen molar-refractivity contribution in [2.24, 2.45) is 0 Å². The summed E-state index contributed by atoms with van der Waals surface area (Å²) in [5.74, 6) is 0.234. The van der Waals surface area contributed by atoms with Crippen LogP contribution in [0.4, 0.5) is 5.69 Å². The zero-order valence-electron chi connectivity index (χ0n) is 15.5. The van der Waals surface area contributed by atoms with E-state index in [0.29, 0.717) is 10.9 Å². The Labute approximate surface area is 157 Å². The molecule has 1 unspecified atom stereocenters. The first-order chi connectivity index (χ1) is 13.1. The molecule has 2 aliphatic heterocycles. The molecule has 144 valence electrons. The third-order valence-electron chi connectivity index (χ3n) is 5.67. The molecule has 2 aromatic rings. The SMILES string of the molecule is CN1CCC(N2CCN(c3ccc4c(=O)n(CCO)cnc4c3)CC2)C1=O. The first-order valence-electron chi connectivity index (χ1n) is 9.42. The van der Waals surface area contributed by atoms with E-state index in [1.54, 1.807) is 0 Å². The molecule has 0 radical (unpaired) electrons. The molecular weight excluding hydrogens is 346 g/mol. The maximum absolute atomic E-state index is 12.4. The second kappa shape index (κ2) is 7.28. The molecule has 0 spiro atoms. The predicted molar refractivity (Wildman–Crippen MR) is 103 cm³/mol. The van der Waals surface area contributed by atoms with E-state index < -0.39 is 0 Å². The quantitative estimate of drug-likeness (QED) is 0.798. The summed E-state index contributed by atoms with van der Waals surface area (Å²) in [5, 5.41) is 9.60. The highest BCUT2D eigenvalue weighted by molar-refractivity contribution is 5.84. The minimum absolute atomic E-state index is 0.0282. The van der Waals surface area contributed by atoms with Gasteiger partial charge in [-0.25, -0.2) is 4.98 Å². The fraction of sp³-hybridized carbons (Fsp3) is 0.526. The van der Waals surface area contributed by atoms with E-state index in [4.69, 9.17) is 5.11 Å². The largest absolute Gasteiger partial charge is 0.395 e. The fourth-order valence-electron chi connectivity index (χ4n) is 4.05. The van der Waals surface area contributed by atoms with E-state index in [0.717, 1.165) is 44.8 Å². The van der Waals surface area contributed by atoms with Crippen LogP contribution >= 0.6 is 0 Å². The molecule has 2 aliphatic rings. The standard InChI is InChI=1S/C19H25N5O3/c1-21-5-4-17(19(21)27)23-8-6-22(7-9-23)14-2-3-15-16(12-14)20-13-24(10-11-25)18(15)26/h2-3,12-13,17,25H,4-11H2,1H3. The van der Waals surface area contributed by atoms with Crippen LogP contribution < -0.4 is 10.5 Å². The Morgan fingerprint density at radius 3 is 2.59 bits per heavy atom. The average Bonchev–Trinajstić information content (AvgIpc) is 3.03. The summed E-state index contributed by atoms with van der Waals surface area (Å²) < 4.78 is 1.43. The van der Waals surface area contributed by atoms with Crippen LogP contribution in [0.2, 0.25) is 0 Å². The number of aliphatic hydroxyl groups is 1. The number of carbonyl (C=O) groups is 1. The van der Waals surface area contributed by atoms with Gasteiger partial charge in [0.1, 0.15) is 0 Å². The molecule has 1 aromatic carbocycles. The zero-order chi connectivity index (χ0) is 19.0. The Hall–Kier alpha value is -2.45. The summed E-state index contributed by atoms with van der Waals surface area (Å²) in [6.07, 6.45) is 2.40. The number of likely N-dealkylation sites (N-methyl/N-ethyl adjacent to an activating group) is 1. The molecular formula is C19H25N5O3. The van der Waals surface area contributed by atoms with Gasteiger partial charge in [0.15, 0.2) is 0 Å². The lowest BCUT2D eigenvalue weighted by molar-refractivity contribution is -0.131. The van der Waals surface area contributed by atoms with Gasteiger partial charge in [0.2, 0.25) is 5.91 Å². The molecule has 4 rings (SSSR count). The van der Waals surface area contributed by atoms with Crippen molar-refractivity contribution in [1.82, 2.24) is 19.4 Å². The summed E-state index contributed by atoms with van der Waals surface area (Å²) in [5.41, 5.74) is 1.58. The van der Waals surface area contributed by atoms with Crippen molar-refractivity contribution in [3.63, 3.8) is 0 Å². The van der Waals surface area contributed by atoms with Crippen LogP contribution in [0.25, 0.3) is 10.9 Å². The minimum atomic E-state index is -0.130. The number of rotatable bonds is 4. The number of nitrogens with zero attached hydrogens (tertiary/aromatic N) is 5. The third-order valence-corrected chi connectivity index (χ3v) is 5.67. The Morgan fingerprint density at radius 1 is 1.15 bits per heavy atom. The number of benzene rings is 1. The normalized spacial score (nSPS) is 21.4. The molecule has 8 nitrogen and oxygen atoms in total. The number of anilines is 1. The molecule has 1 atom stereocenters. The van der Waals surface area contributed by atoms with Gasteiger partial charge in [-0.05, 0) is 24.6 Å².